The van der Waals surface area contributed by atoms with Crippen LogP contribution >= 0.6 is 0 Å². The molecule has 214 valence electrons. The summed E-state index contributed by atoms with van der Waals surface area (Å²) in [6.45, 7) is 1.13. The van der Waals surface area contributed by atoms with Crippen molar-refractivity contribution in [1.29, 1.82) is 0 Å². The molecule has 1 aliphatic heterocycles. The molecular weight excluding hydrogens is 559 g/mol. The highest BCUT2D eigenvalue weighted by Gasteiger charge is 2.57. The van der Waals surface area contributed by atoms with Crippen LogP contribution in [0.15, 0.2) is 65.7 Å². The fourth-order valence-electron chi connectivity index (χ4n) is 4.67. The van der Waals surface area contributed by atoms with Crippen molar-refractivity contribution in [2.75, 3.05) is 24.2 Å². The predicted octanol–water partition coefficient (Wildman–Crippen LogP) is 3.84. The van der Waals surface area contributed by atoms with Crippen LogP contribution < -0.4 is 10.2 Å². The fraction of sp³-hybridized carbons (Fsp3) is 0.286. The van der Waals surface area contributed by atoms with Gasteiger partial charge < -0.3 is 15.3 Å². The molecule has 0 saturated carbocycles. The van der Waals surface area contributed by atoms with Gasteiger partial charge in [-0.25, -0.2) is 18.4 Å². The molecule has 0 spiro atoms. The van der Waals surface area contributed by atoms with E-state index in [1.165, 1.54) is 11.0 Å². The minimum absolute atomic E-state index is 0.0104. The molecule has 4 heterocycles. The monoisotopic (exact) mass is 585 g/mol. The summed E-state index contributed by atoms with van der Waals surface area (Å²) in [5.74, 6) is -0.156. The van der Waals surface area contributed by atoms with Gasteiger partial charge in [0.2, 0.25) is 0 Å². The molecule has 0 aliphatic carbocycles. The molecule has 1 atom stereocenters. The van der Waals surface area contributed by atoms with Gasteiger partial charge in [0, 0.05) is 36.4 Å². The third kappa shape index (κ3) is 5.86. The highest BCUT2D eigenvalue weighted by Crippen LogP contribution is 2.39. The number of benzene rings is 1. The van der Waals surface area contributed by atoms with Crippen molar-refractivity contribution in [1.82, 2.24) is 20.3 Å². The predicted molar refractivity (Wildman–Crippen MR) is 146 cm³/mol. The summed E-state index contributed by atoms with van der Waals surface area (Å²) >= 11 is 0. The molecular formula is C28H26F3N5O4S. The van der Waals surface area contributed by atoms with Crippen LogP contribution in [0.3, 0.4) is 0 Å². The van der Waals surface area contributed by atoms with Crippen molar-refractivity contribution in [3.8, 4) is 11.4 Å². The Bertz CT molecular complexity index is 1760. The summed E-state index contributed by atoms with van der Waals surface area (Å²) < 4.78 is 63.8. The average Bonchev–Trinajstić information content (AvgIpc) is 3.34. The number of hydrogen-bond acceptors (Lipinski definition) is 8. The molecule has 1 saturated heterocycles. The fourth-order valence-corrected chi connectivity index (χ4v) is 5.67. The summed E-state index contributed by atoms with van der Waals surface area (Å²) in [4.78, 5) is 27.7. The van der Waals surface area contributed by atoms with Crippen molar-refractivity contribution in [2.45, 2.75) is 36.6 Å². The number of β-amino-alcohol motifs (C(OH)–C–C–N with tert-alkyl or cyclic N) is 1. The van der Waals surface area contributed by atoms with E-state index in [0.717, 1.165) is 11.6 Å². The first kappa shape index (κ1) is 28.4. The highest BCUT2D eigenvalue weighted by molar-refractivity contribution is 7.90. The summed E-state index contributed by atoms with van der Waals surface area (Å²) in [7, 11) is -3.49. The van der Waals surface area contributed by atoms with E-state index in [1.807, 2.05) is 0 Å². The van der Waals surface area contributed by atoms with Crippen molar-refractivity contribution < 1.29 is 31.5 Å². The molecule has 1 aliphatic rings. The largest absolute Gasteiger partial charge is 0.418 e. The van der Waals surface area contributed by atoms with Crippen LogP contribution in [0.25, 0.3) is 22.3 Å². The second-order valence-electron chi connectivity index (χ2n) is 10.1. The van der Waals surface area contributed by atoms with Crippen molar-refractivity contribution in [2.24, 2.45) is 0 Å². The second kappa shape index (κ2) is 10.4. The van der Waals surface area contributed by atoms with E-state index in [-0.39, 0.29) is 23.5 Å². The standard InChI is InChI=1S/C28H26F3N5O4S/c1-17-6-7-18(12-24(17)41(2,39)40)26(37)33-15-20-13-23-19(14-32-20)8-9-22(34-23)21-4-3-5-25(35-21)36-11-10-27(38,16-36)28(29,30)31/h3-9,12-14,38H,10-11,15-16H2,1-2H3,(H,33,37)/t27-/m0/s1. The number of carbonyl (C=O) groups excluding carboxylic acids is 1. The Morgan fingerprint density at radius 3 is 2.56 bits per heavy atom. The first-order valence-corrected chi connectivity index (χ1v) is 14.5. The maximum atomic E-state index is 13.3. The van der Waals surface area contributed by atoms with Crippen LogP contribution in [0.4, 0.5) is 19.0 Å². The lowest BCUT2D eigenvalue weighted by molar-refractivity contribution is -0.250. The Balaban J connectivity index is 1.33. The Labute approximate surface area is 234 Å². The van der Waals surface area contributed by atoms with Gasteiger partial charge in [-0.3, -0.25) is 9.78 Å². The molecule has 13 heteroatoms. The summed E-state index contributed by atoms with van der Waals surface area (Å²) in [5, 5.41) is 13.5. The molecule has 2 N–H and O–H groups in total. The lowest BCUT2D eigenvalue weighted by atomic mass is 10.0. The first-order chi connectivity index (χ1) is 19.2. The maximum Gasteiger partial charge on any atom is 0.418 e. The van der Waals surface area contributed by atoms with Gasteiger partial charge in [0.05, 0.1) is 40.6 Å². The Morgan fingerprint density at radius 2 is 1.85 bits per heavy atom. The Morgan fingerprint density at radius 1 is 1.10 bits per heavy atom. The summed E-state index contributed by atoms with van der Waals surface area (Å²) in [6, 6.07) is 14.6. The number of carbonyl (C=O) groups is 1. The number of rotatable bonds is 6. The van der Waals surface area contributed by atoms with Gasteiger partial charge in [0.25, 0.3) is 5.91 Å². The van der Waals surface area contributed by atoms with Crippen molar-refractivity contribution >= 4 is 32.5 Å². The van der Waals surface area contributed by atoms with E-state index in [0.29, 0.717) is 34.0 Å². The number of nitrogens with zero attached hydrogens (tertiary/aromatic N) is 4. The van der Waals surface area contributed by atoms with Gasteiger partial charge in [0.1, 0.15) is 5.82 Å². The van der Waals surface area contributed by atoms with Crippen LogP contribution in [0, 0.1) is 6.92 Å². The Hall–Kier alpha value is -4.10. The van der Waals surface area contributed by atoms with Crippen molar-refractivity contribution in [3.63, 3.8) is 0 Å². The van der Waals surface area contributed by atoms with Gasteiger partial charge in [0.15, 0.2) is 15.4 Å². The molecule has 0 unspecified atom stereocenters. The molecule has 4 aromatic rings. The van der Waals surface area contributed by atoms with E-state index < -0.39 is 40.5 Å². The number of halogens is 3. The third-order valence-electron chi connectivity index (χ3n) is 7.01. The lowest BCUT2D eigenvalue weighted by Crippen LogP contribution is -2.47. The van der Waals surface area contributed by atoms with Crippen LogP contribution in [-0.2, 0) is 16.4 Å². The molecule has 0 bridgehead atoms. The molecule has 3 aromatic heterocycles. The number of sulfone groups is 1. The quantitative estimate of drug-likeness (QED) is 0.350. The zero-order valence-corrected chi connectivity index (χ0v) is 22.9. The number of hydrogen-bond donors (Lipinski definition) is 2. The van der Waals surface area contributed by atoms with Gasteiger partial charge >= 0.3 is 6.18 Å². The van der Waals surface area contributed by atoms with Gasteiger partial charge in [-0.05, 0) is 55.0 Å². The van der Waals surface area contributed by atoms with Gasteiger partial charge in [-0.15, -0.1) is 0 Å². The molecule has 5 rings (SSSR count). The van der Waals surface area contributed by atoms with Crippen LogP contribution in [-0.4, -0.2) is 65.5 Å². The van der Waals surface area contributed by atoms with Crippen molar-refractivity contribution in [3.05, 3.63) is 77.6 Å². The third-order valence-corrected chi connectivity index (χ3v) is 8.25. The van der Waals surface area contributed by atoms with E-state index in [1.54, 1.807) is 61.7 Å². The SMILES string of the molecule is Cc1ccc(C(=O)NCc2cc3nc(-c4cccc(N5CC[C@@](O)(C(F)(F)F)C5)n4)ccc3cn2)cc1S(C)(=O)=O. The van der Waals surface area contributed by atoms with Crippen LogP contribution in [0.1, 0.15) is 28.0 Å². The number of anilines is 1. The molecule has 1 amide bonds. The molecule has 0 radical (unpaired) electrons. The topological polar surface area (TPSA) is 125 Å². The first-order valence-electron chi connectivity index (χ1n) is 12.6. The number of pyridine rings is 3. The van der Waals surface area contributed by atoms with Gasteiger partial charge in [-0.1, -0.05) is 12.1 Å². The normalized spacial score (nSPS) is 17.7. The molecule has 9 nitrogen and oxygen atoms in total. The number of amides is 1. The number of fused-ring (bicyclic) bond motifs is 1. The minimum atomic E-state index is -4.73. The molecule has 1 fully saturated rings. The summed E-state index contributed by atoms with van der Waals surface area (Å²) in [5.41, 5.74) is -0.0220. The van der Waals surface area contributed by atoms with E-state index >= 15 is 0 Å². The lowest BCUT2D eigenvalue weighted by Gasteiger charge is -2.26. The smallest absolute Gasteiger partial charge is 0.379 e. The number of nitrogens with one attached hydrogen (secondary N) is 1. The maximum absolute atomic E-state index is 13.3. The molecule has 41 heavy (non-hydrogen) atoms. The number of alkyl halides is 3. The van der Waals surface area contributed by atoms with E-state index in [4.69, 9.17) is 0 Å². The minimum Gasteiger partial charge on any atom is -0.379 e. The molecule has 1 aromatic carbocycles. The average molecular weight is 586 g/mol. The number of aromatic nitrogens is 3. The zero-order valence-electron chi connectivity index (χ0n) is 22.1. The zero-order chi connectivity index (χ0) is 29.6. The van der Waals surface area contributed by atoms with Crippen LogP contribution in [0.2, 0.25) is 0 Å². The van der Waals surface area contributed by atoms with E-state index in [9.17, 15) is 31.5 Å². The Kier molecular flexibility index (Phi) is 7.20. The highest BCUT2D eigenvalue weighted by atomic mass is 32.2. The van der Waals surface area contributed by atoms with Gasteiger partial charge in [-0.2, -0.15) is 13.2 Å². The van der Waals surface area contributed by atoms with Crippen LogP contribution in [0.5, 0.6) is 0 Å². The number of aliphatic hydroxyl groups is 1. The summed E-state index contributed by atoms with van der Waals surface area (Å²) in [6.07, 6.45) is -2.48. The number of aryl methyl sites for hydroxylation is 1. The van der Waals surface area contributed by atoms with E-state index in [2.05, 4.69) is 20.3 Å². The second-order valence-corrected chi connectivity index (χ2v) is 12.1.